The van der Waals surface area contributed by atoms with Crippen LogP contribution < -0.4 is 4.54 Å². The summed E-state index contributed by atoms with van der Waals surface area (Å²) in [6, 6.07) is 8.81. The zero-order valence-electron chi connectivity index (χ0n) is 14.2. The minimum atomic E-state index is -0.579. The Kier molecular flexibility index (Phi) is 4.57. The number of carbonyl (C=O) groups excluding carboxylic acids is 2. The number of hydrogen-bond acceptors (Lipinski definition) is 6. The quantitative estimate of drug-likeness (QED) is 0.404. The van der Waals surface area contributed by atoms with Crippen molar-refractivity contribution in [3.05, 3.63) is 57.6 Å². The van der Waals surface area contributed by atoms with Crippen LogP contribution in [0.1, 0.15) is 34.6 Å². The van der Waals surface area contributed by atoms with Crippen molar-refractivity contribution in [3.63, 3.8) is 0 Å². The third kappa shape index (κ3) is 2.85. The Hall–Kier alpha value is -3.42. The maximum absolute atomic E-state index is 12.4. The highest BCUT2D eigenvalue weighted by molar-refractivity contribution is 6.06. The number of carbonyl (C=O) groups is 2. The van der Waals surface area contributed by atoms with Crippen LogP contribution in [0.2, 0.25) is 0 Å². The van der Waals surface area contributed by atoms with Gasteiger partial charge in [-0.3, -0.25) is 0 Å². The van der Waals surface area contributed by atoms with Gasteiger partial charge in [-0.15, -0.1) is 4.85 Å². The van der Waals surface area contributed by atoms with Gasteiger partial charge in [0.25, 0.3) is 0 Å². The normalized spacial score (nSPS) is 10.8. The molecule has 0 spiro atoms. The third-order valence-electron chi connectivity index (χ3n) is 3.89. The number of esters is 2. The van der Waals surface area contributed by atoms with Gasteiger partial charge in [0, 0.05) is 11.5 Å². The number of fused-ring (bicyclic) bond motifs is 3. The molecule has 0 saturated carbocycles. The van der Waals surface area contributed by atoms with E-state index in [2.05, 4.69) is 0 Å². The number of hydrogen-bond donors (Lipinski definition) is 0. The van der Waals surface area contributed by atoms with Crippen LogP contribution in [0, 0.1) is 10.1 Å². The molecule has 3 aromatic rings. The van der Waals surface area contributed by atoms with Gasteiger partial charge in [0.2, 0.25) is 0 Å². The molecule has 3 rings (SSSR count). The van der Waals surface area contributed by atoms with E-state index in [1.165, 1.54) is 24.3 Å². The van der Waals surface area contributed by atoms with E-state index in [0.717, 1.165) is 0 Å². The van der Waals surface area contributed by atoms with Gasteiger partial charge >= 0.3 is 17.5 Å². The van der Waals surface area contributed by atoms with Gasteiger partial charge in [0.15, 0.2) is 4.54 Å². The lowest BCUT2D eigenvalue weighted by atomic mass is 10.1. The molecule has 0 amide bonds. The van der Waals surface area contributed by atoms with Crippen molar-refractivity contribution in [1.29, 1.82) is 0 Å². The first-order chi connectivity index (χ1) is 12.5. The molecule has 1 aromatic heterocycles. The van der Waals surface area contributed by atoms with Crippen LogP contribution in [-0.2, 0) is 9.47 Å². The minimum Gasteiger partial charge on any atom is -0.755 e. The molecule has 0 aliphatic rings. The number of benzene rings is 2. The van der Waals surface area contributed by atoms with Crippen LogP contribution in [0.25, 0.3) is 21.8 Å². The van der Waals surface area contributed by atoms with Gasteiger partial charge in [0.1, 0.15) is 5.52 Å². The fourth-order valence-electron chi connectivity index (χ4n) is 2.71. The summed E-state index contributed by atoms with van der Waals surface area (Å²) in [7, 11) is 0. The molecule has 0 unspecified atom stereocenters. The molecular formula is C18H16N2O6. The zero-order chi connectivity index (χ0) is 18.8. The van der Waals surface area contributed by atoms with E-state index in [-0.39, 0.29) is 44.8 Å². The van der Waals surface area contributed by atoms with Crippen LogP contribution in [0.15, 0.2) is 36.4 Å². The lowest BCUT2D eigenvalue weighted by molar-refractivity contribution is -0.556. The average Bonchev–Trinajstić information content (AvgIpc) is 2.65. The van der Waals surface area contributed by atoms with Crippen LogP contribution >= 0.6 is 0 Å². The zero-order valence-corrected chi connectivity index (χ0v) is 14.2. The van der Waals surface area contributed by atoms with Crippen molar-refractivity contribution in [2.75, 3.05) is 13.2 Å². The second-order valence-electron chi connectivity index (χ2n) is 5.45. The minimum absolute atomic E-state index is 0.0296. The third-order valence-corrected chi connectivity index (χ3v) is 3.89. The van der Waals surface area contributed by atoms with E-state index in [1.54, 1.807) is 26.0 Å². The first kappa shape index (κ1) is 17.4. The molecular weight excluding hydrogens is 340 g/mol. The molecule has 1 heterocycles. The topological polar surface area (TPSA) is 104 Å². The van der Waals surface area contributed by atoms with E-state index >= 15 is 0 Å². The summed E-state index contributed by atoms with van der Waals surface area (Å²) >= 11 is 0. The molecule has 0 fully saturated rings. The van der Waals surface area contributed by atoms with E-state index in [9.17, 15) is 19.7 Å². The molecule has 0 saturated heterocycles. The highest BCUT2D eigenvalue weighted by atomic mass is 16.5. The molecule has 134 valence electrons. The van der Waals surface area contributed by atoms with Gasteiger partial charge in [0.05, 0.1) is 34.6 Å². The van der Waals surface area contributed by atoms with Gasteiger partial charge in [-0.25, -0.2) is 9.59 Å². The molecule has 8 nitrogen and oxygen atoms in total. The molecule has 26 heavy (non-hydrogen) atoms. The number of nitrogens with zero attached hydrogens (tertiary/aromatic N) is 2. The van der Waals surface area contributed by atoms with Crippen LogP contribution in [0.5, 0.6) is 0 Å². The molecule has 8 heteroatoms. The van der Waals surface area contributed by atoms with Crippen molar-refractivity contribution in [1.82, 2.24) is 4.85 Å². The smallest absolute Gasteiger partial charge is 0.338 e. The van der Waals surface area contributed by atoms with Crippen molar-refractivity contribution in [3.8, 4) is 0 Å². The SMILES string of the molecule is CCOC(=O)c1ccc2c3ccc(C(=O)OCC)cc3[n+](=O)n([O-])c2c1. The maximum Gasteiger partial charge on any atom is 0.338 e. The summed E-state index contributed by atoms with van der Waals surface area (Å²) < 4.78 is 9.96. The fraction of sp³-hybridized carbons (Fsp3) is 0.222. The predicted molar refractivity (Wildman–Crippen MR) is 93.5 cm³/mol. The van der Waals surface area contributed by atoms with E-state index in [0.29, 0.717) is 10.8 Å². The second kappa shape index (κ2) is 6.83. The Balaban J connectivity index is 2.25. The first-order valence-corrected chi connectivity index (χ1v) is 8.05. The predicted octanol–water partition coefficient (Wildman–Crippen LogP) is 2.41. The van der Waals surface area contributed by atoms with Gasteiger partial charge in [-0.1, -0.05) is 6.07 Å². The Bertz CT molecular complexity index is 1090. The average molecular weight is 356 g/mol. The molecule has 0 N–H and O–H groups in total. The van der Waals surface area contributed by atoms with E-state index < -0.39 is 11.9 Å². The highest BCUT2D eigenvalue weighted by Crippen LogP contribution is 2.24. The second-order valence-corrected chi connectivity index (χ2v) is 5.45. The van der Waals surface area contributed by atoms with Gasteiger partial charge in [-0.05, 0) is 38.1 Å². The summed E-state index contributed by atoms with van der Waals surface area (Å²) in [5.41, 5.74) is 0.404. The molecule has 0 aliphatic heterocycles. The van der Waals surface area contributed by atoms with Crippen molar-refractivity contribution < 1.29 is 23.6 Å². The lowest BCUT2D eigenvalue weighted by Crippen LogP contribution is -2.29. The Morgan fingerprint density at radius 1 is 0.962 bits per heavy atom. The first-order valence-electron chi connectivity index (χ1n) is 8.05. The number of aromatic nitrogens is 2. The fourth-order valence-corrected chi connectivity index (χ4v) is 2.71. The largest absolute Gasteiger partial charge is 0.755 e. The van der Waals surface area contributed by atoms with Gasteiger partial charge < -0.3 is 14.7 Å². The summed E-state index contributed by atoms with van der Waals surface area (Å²) in [5, 5.41) is 13.3. The summed E-state index contributed by atoms with van der Waals surface area (Å²) in [4.78, 5) is 36.2. The van der Waals surface area contributed by atoms with Crippen LogP contribution in [0.3, 0.4) is 0 Å². The van der Waals surface area contributed by atoms with E-state index in [1.807, 2.05) is 0 Å². The summed E-state index contributed by atoms with van der Waals surface area (Å²) in [6.07, 6.45) is 0. The molecule has 0 bridgehead atoms. The standard InChI is InChI=1S/C18H16N2O6/c1-3-25-17(21)11-5-7-13-14-8-6-12(18(22)26-4-2)10-16(14)20(24)19(23)15(13)9-11/h5-10H,3-4H2,1-2H3. The van der Waals surface area contributed by atoms with Crippen molar-refractivity contribution >= 4 is 33.7 Å². The maximum atomic E-state index is 12.4. The Morgan fingerprint density at radius 2 is 1.50 bits per heavy atom. The van der Waals surface area contributed by atoms with E-state index in [4.69, 9.17) is 9.47 Å². The van der Waals surface area contributed by atoms with Crippen LogP contribution in [-0.4, -0.2) is 30.0 Å². The number of rotatable bonds is 4. The van der Waals surface area contributed by atoms with Crippen molar-refractivity contribution in [2.24, 2.45) is 0 Å². The molecule has 0 aliphatic carbocycles. The van der Waals surface area contributed by atoms with Crippen LogP contribution in [0.4, 0.5) is 0 Å². The molecule has 2 aromatic carbocycles. The molecule has 0 radical (unpaired) electrons. The highest BCUT2D eigenvalue weighted by Gasteiger charge is 2.19. The Morgan fingerprint density at radius 3 is 2.08 bits per heavy atom. The lowest BCUT2D eigenvalue weighted by Gasteiger charge is -2.10. The van der Waals surface area contributed by atoms with Crippen molar-refractivity contribution in [2.45, 2.75) is 13.8 Å². The van der Waals surface area contributed by atoms with Gasteiger partial charge in [-0.2, -0.15) is 0 Å². The number of ether oxygens (including phenoxy) is 2. The molecule has 0 atom stereocenters. The monoisotopic (exact) mass is 356 g/mol. The summed E-state index contributed by atoms with van der Waals surface area (Å²) in [5.74, 6) is -1.16. The Labute approximate surface area is 147 Å². The summed E-state index contributed by atoms with van der Waals surface area (Å²) in [6.45, 7) is 3.74.